The fourth-order valence-corrected chi connectivity index (χ4v) is 4.82. The van der Waals surface area contributed by atoms with Crippen LogP contribution < -0.4 is 9.80 Å². The molecule has 2 amide bonds. The summed E-state index contributed by atoms with van der Waals surface area (Å²) in [7, 11) is 1.88. The minimum Gasteiger partial charge on any atom is -0.456 e. The van der Waals surface area contributed by atoms with Crippen molar-refractivity contribution in [3.8, 4) is 11.5 Å². The van der Waals surface area contributed by atoms with Gasteiger partial charge in [-0.15, -0.1) is 10.2 Å². The average molecular weight is 569 g/mol. The number of hydrogen-bond donors (Lipinski definition) is 0. The van der Waals surface area contributed by atoms with Crippen LogP contribution in [0.1, 0.15) is 47.2 Å². The topological polar surface area (TPSA) is 109 Å². The van der Waals surface area contributed by atoms with Gasteiger partial charge in [-0.2, -0.15) is 8.78 Å². The summed E-state index contributed by atoms with van der Waals surface area (Å²) in [6.07, 6.45) is 0.432. The lowest BCUT2D eigenvalue weighted by Crippen LogP contribution is -2.46. The van der Waals surface area contributed by atoms with Crippen LogP contribution in [-0.4, -0.2) is 58.6 Å². The fourth-order valence-electron chi connectivity index (χ4n) is 4.82. The monoisotopic (exact) mass is 568 g/mol. The molecule has 4 aromatic rings. The van der Waals surface area contributed by atoms with E-state index < -0.39 is 18.1 Å². The molecule has 1 saturated heterocycles. The molecule has 214 valence electrons. The van der Waals surface area contributed by atoms with E-state index in [9.17, 15) is 22.8 Å². The van der Waals surface area contributed by atoms with Gasteiger partial charge in [-0.25, -0.2) is 4.39 Å². The molecule has 1 aliphatic heterocycles. The molecule has 0 saturated carbocycles. The number of likely N-dealkylation sites (tertiary alicyclic amines) is 1. The highest BCUT2D eigenvalue weighted by atomic mass is 19.3. The maximum absolute atomic E-state index is 14.4. The van der Waals surface area contributed by atoms with Crippen molar-refractivity contribution in [2.75, 3.05) is 29.9 Å². The Bertz CT molecular complexity index is 1520. The Labute approximate surface area is 233 Å². The standard InChI is InChI=1S/C28H27F3N6O4/c1-17-3-8-24(40-17)28(39)36-11-9-21(10-12-36)35(2)22-7-5-19(29)13-23(22)37(16-38)15-20-6-4-18(14-32-20)26-33-34-27(41-26)25(30)31/h3-8,13-14,16,21,25H,9-12,15H2,1-2H3. The van der Waals surface area contributed by atoms with Gasteiger partial charge in [-0.1, -0.05) is 0 Å². The predicted molar refractivity (Wildman–Crippen MR) is 142 cm³/mol. The number of alkyl halides is 2. The zero-order chi connectivity index (χ0) is 29.1. The number of nitrogens with zero attached hydrogens (tertiary/aromatic N) is 6. The van der Waals surface area contributed by atoms with Gasteiger partial charge in [0.25, 0.3) is 11.8 Å². The molecule has 0 bridgehead atoms. The summed E-state index contributed by atoms with van der Waals surface area (Å²) in [4.78, 5) is 34.3. The number of carbonyl (C=O) groups excluding carboxylic acids is 2. The Hall–Kier alpha value is -4.68. The number of piperidine rings is 1. The first-order valence-electron chi connectivity index (χ1n) is 12.9. The second-order valence-corrected chi connectivity index (χ2v) is 9.70. The van der Waals surface area contributed by atoms with Crippen LogP contribution in [0, 0.1) is 12.7 Å². The van der Waals surface area contributed by atoms with Crippen molar-refractivity contribution in [2.24, 2.45) is 0 Å². The number of amides is 2. The van der Waals surface area contributed by atoms with E-state index in [1.807, 2.05) is 11.9 Å². The maximum Gasteiger partial charge on any atom is 0.314 e. The molecule has 41 heavy (non-hydrogen) atoms. The number of pyridine rings is 1. The number of benzene rings is 1. The van der Waals surface area contributed by atoms with Crippen LogP contribution in [0.5, 0.6) is 0 Å². The van der Waals surface area contributed by atoms with Crippen LogP contribution in [-0.2, 0) is 11.3 Å². The van der Waals surface area contributed by atoms with E-state index in [2.05, 4.69) is 15.2 Å². The number of rotatable bonds is 9. The molecule has 0 spiro atoms. The molecule has 0 atom stereocenters. The van der Waals surface area contributed by atoms with Crippen molar-refractivity contribution in [3.63, 3.8) is 0 Å². The SMILES string of the molecule is Cc1ccc(C(=O)N2CCC(N(C)c3ccc(F)cc3N(C=O)Cc3ccc(-c4nnc(C(F)F)o4)cn3)CC2)o1. The van der Waals surface area contributed by atoms with E-state index in [0.29, 0.717) is 66.5 Å². The van der Waals surface area contributed by atoms with Crippen molar-refractivity contribution in [3.05, 3.63) is 77.6 Å². The Morgan fingerprint density at radius 3 is 2.49 bits per heavy atom. The predicted octanol–water partition coefficient (Wildman–Crippen LogP) is 5.01. The molecule has 3 aromatic heterocycles. The van der Waals surface area contributed by atoms with Crippen LogP contribution in [0.4, 0.5) is 24.5 Å². The van der Waals surface area contributed by atoms with Crippen molar-refractivity contribution in [1.82, 2.24) is 20.1 Å². The number of carbonyl (C=O) groups is 2. The molecule has 0 radical (unpaired) electrons. The normalized spacial score (nSPS) is 14.0. The van der Waals surface area contributed by atoms with Gasteiger partial charge in [0.15, 0.2) is 5.76 Å². The Kier molecular flexibility index (Phi) is 8.04. The molecule has 1 fully saturated rings. The van der Waals surface area contributed by atoms with Gasteiger partial charge in [-0.05, 0) is 62.2 Å². The van der Waals surface area contributed by atoms with Crippen molar-refractivity contribution >= 4 is 23.7 Å². The van der Waals surface area contributed by atoms with E-state index in [4.69, 9.17) is 8.83 Å². The minimum absolute atomic E-state index is 0.0235. The van der Waals surface area contributed by atoms with Gasteiger partial charge in [-0.3, -0.25) is 14.6 Å². The number of aromatic nitrogens is 3. The molecular weight excluding hydrogens is 541 g/mol. The van der Waals surface area contributed by atoms with E-state index in [1.165, 1.54) is 23.2 Å². The summed E-state index contributed by atoms with van der Waals surface area (Å²) < 4.78 is 50.3. The van der Waals surface area contributed by atoms with E-state index >= 15 is 0 Å². The zero-order valence-electron chi connectivity index (χ0n) is 22.3. The quantitative estimate of drug-likeness (QED) is 0.259. The fraction of sp³-hybridized carbons (Fsp3) is 0.321. The molecule has 0 unspecified atom stereocenters. The van der Waals surface area contributed by atoms with Gasteiger partial charge in [0, 0.05) is 32.4 Å². The lowest BCUT2D eigenvalue weighted by molar-refractivity contribution is -0.107. The van der Waals surface area contributed by atoms with Crippen LogP contribution >= 0.6 is 0 Å². The first-order valence-corrected chi connectivity index (χ1v) is 12.9. The molecule has 13 heteroatoms. The van der Waals surface area contributed by atoms with E-state index in [1.54, 1.807) is 42.2 Å². The Balaban J connectivity index is 1.29. The van der Waals surface area contributed by atoms with Crippen molar-refractivity contribution < 1.29 is 31.6 Å². The molecule has 1 aliphatic rings. The van der Waals surface area contributed by atoms with Crippen LogP contribution in [0.3, 0.4) is 0 Å². The first kappa shape index (κ1) is 27.9. The average Bonchev–Trinajstić information content (AvgIpc) is 3.65. The smallest absolute Gasteiger partial charge is 0.314 e. The lowest BCUT2D eigenvalue weighted by atomic mass is 10.0. The maximum atomic E-state index is 14.4. The molecule has 0 aliphatic carbocycles. The van der Waals surface area contributed by atoms with Gasteiger partial charge in [0.1, 0.15) is 11.6 Å². The van der Waals surface area contributed by atoms with E-state index in [-0.39, 0.29) is 24.4 Å². The van der Waals surface area contributed by atoms with E-state index in [0.717, 1.165) is 0 Å². The third-order valence-corrected chi connectivity index (χ3v) is 7.04. The highest BCUT2D eigenvalue weighted by molar-refractivity contribution is 5.91. The molecule has 1 aromatic carbocycles. The Morgan fingerprint density at radius 2 is 1.88 bits per heavy atom. The van der Waals surface area contributed by atoms with Gasteiger partial charge >= 0.3 is 6.43 Å². The van der Waals surface area contributed by atoms with Crippen LogP contribution in [0.25, 0.3) is 11.5 Å². The number of halogens is 3. The minimum atomic E-state index is -2.88. The highest BCUT2D eigenvalue weighted by Crippen LogP contribution is 2.33. The Morgan fingerprint density at radius 1 is 1.10 bits per heavy atom. The van der Waals surface area contributed by atoms with Crippen molar-refractivity contribution in [1.29, 1.82) is 0 Å². The molecular formula is C28H27F3N6O4. The van der Waals surface area contributed by atoms with Gasteiger partial charge < -0.3 is 23.5 Å². The molecule has 4 heterocycles. The molecule has 0 N–H and O–H groups in total. The second kappa shape index (κ2) is 11.8. The van der Waals surface area contributed by atoms with Gasteiger partial charge in [0.2, 0.25) is 12.3 Å². The summed E-state index contributed by atoms with van der Waals surface area (Å²) in [6.45, 7) is 2.86. The summed E-state index contributed by atoms with van der Waals surface area (Å²) in [6, 6.07) is 10.9. The number of furan rings is 1. The summed E-state index contributed by atoms with van der Waals surface area (Å²) in [5, 5.41) is 6.90. The zero-order valence-corrected chi connectivity index (χ0v) is 22.3. The third-order valence-electron chi connectivity index (χ3n) is 7.04. The number of anilines is 2. The second-order valence-electron chi connectivity index (χ2n) is 9.70. The summed E-state index contributed by atoms with van der Waals surface area (Å²) in [5.74, 6) is -0.563. The highest BCUT2D eigenvalue weighted by Gasteiger charge is 2.29. The van der Waals surface area contributed by atoms with Gasteiger partial charge in [0.05, 0.1) is 29.2 Å². The number of aryl methyl sites for hydroxylation is 1. The van der Waals surface area contributed by atoms with Crippen molar-refractivity contribution in [2.45, 2.75) is 38.8 Å². The largest absolute Gasteiger partial charge is 0.456 e. The lowest BCUT2D eigenvalue weighted by Gasteiger charge is -2.39. The van der Waals surface area contributed by atoms with Crippen LogP contribution in [0.2, 0.25) is 0 Å². The number of hydrogen-bond acceptors (Lipinski definition) is 8. The molecule has 5 rings (SSSR count). The van der Waals surface area contributed by atoms with Crippen LogP contribution in [0.15, 0.2) is 57.5 Å². The third kappa shape index (κ3) is 6.08. The summed E-state index contributed by atoms with van der Waals surface area (Å²) in [5.41, 5.74) is 1.81. The summed E-state index contributed by atoms with van der Waals surface area (Å²) >= 11 is 0. The molecule has 10 nitrogen and oxygen atoms in total. The first-order chi connectivity index (χ1) is 19.7.